The van der Waals surface area contributed by atoms with Gasteiger partial charge in [-0.1, -0.05) is 0 Å². The molecule has 0 radical (unpaired) electrons. The maximum atomic E-state index is 12.0. The summed E-state index contributed by atoms with van der Waals surface area (Å²) >= 11 is 0. The fourth-order valence-corrected chi connectivity index (χ4v) is 1.18. The number of rotatable bonds is 5. The third-order valence-electron chi connectivity index (χ3n) is 1.86. The summed E-state index contributed by atoms with van der Waals surface area (Å²) in [4.78, 5) is 11.4. The molecule has 3 N–H and O–H groups in total. The van der Waals surface area contributed by atoms with Gasteiger partial charge in [0.05, 0.1) is 17.9 Å². The van der Waals surface area contributed by atoms with Crippen molar-refractivity contribution in [1.82, 2.24) is 0 Å². The monoisotopic (exact) mass is 246 g/mol. The fourth-order valence-electron chi connectivity index (χ4n) is 1.18. The molecule has 1 rings (SSSR count). The van der Waals surface area contributed by atoms with Crippen molar-refractivity contribution in [1.29, 1.82) is 0 Å². The number of carbonyl (C=O) groups is 1. The van der Waals surface area contributed by atoms with Gasteiger partial charge in [0.25, 0.3) is 0 Å². The summed E-state index contributed by atoms with van der Waals surface area (Å²) in [6, 6.07) is 3.81. The summed E-state index contributed by atoms with van der Waals surface area (Å²) in [6.45, 7) is -1.08. The molecule has 5 nitrogen and oxygen atoms in total. The molecule has 0 aliphatic carbocycles. The molecule has 0 amide bonds. The van der Waals surface area contributed by atoms with E-state index in [1.807, 2.05) is 0 Å². The second kappa shape index (κ2) is 6.00. The predicted octanol–water partition coefficient (Wildman–Crippen LogP) is 1.75. The van der Waals surface area contributed by atoms with Crippen LogP contribution in [0.4, 0.5) is 14.5 Å². The Morgan fingerprint density at radius 1 is 1.53 bits per heavy atom. The zero-order valence-corrected chi connectivity index (χ0v) is 9.07. The smallest absolute Gasteiger partial charge is 0.387 e. The molecule has 0 saturated heterocycles. The van der Waals surface area contributed by atoms with E-state index in [2.05, 4.69) is 10.2 Å². The van der Waals surface area contributed by atoms with Gasteiger partial charge in [-0.3, -0.25) is 5.84 Å². The maximum Gasteiger partial charge on any atom is 0.387 e. The number of esters is 1. The molecule has 0 atom stereocenters. The van der Waals surface area contributed by atoms with Gasteiger partial charge in [-0.25, -0.2) is 4.79 Å². The standard InChI is InChI=1S/C10H12F2N2O3/c1-2-16-9(15)6-3-4-8(17-10(11)12)7(5-6)14-13/h3-5,10,14H,2,13H2,1H3. The van der Waals surface area contributed by atoms with Crippen LogP contribution in [0.5, 0.6) is 5.75 Å². The van der Waals surface area contributed by atoms with E-state index in [-0.39, 0.29) is 23.6 Å². The van der Waals surface area contributed by atoms with E-state index in [9.17, 15) is 13.6 Å². The third-order valence-corrected chi connectivity index (χ3v) is 1.86. The maximum absolute atomic E-state index is 12.0. The molecule has 0 aromatic heterocycles. The van der Waals surface area contributed by atoms with Crippen molar-refractivity contribution >= 4 is 11.7 Å². The van der Waals surface area contributed by atoms with Crippen LogP contribution in [0.3, 0.4) is 0 Å². The van der Waals surface area contributed by atoms with E-state index in [0.29, 0.717) is 0 Å². The van der Waals surface area contributed by atoms with Crippen LogP contribution in [0.2, 0.25) is 0 Å². The van der Waals surface area contributed by atoms with Gasteiger partial charge < -0.3 is 14.9 Å². The molecular formula is C10H12F2N2O3. The molecule has 0 spiro atoms. The van der Waals surface area contributed by atoms with E-state index >= 15 is 0 Å². The summed E-state index contributed by atoms with van der Waals surface area (Å²) in [5, 5.41) is 0. The summed E-state index contributed by atoms with van der Waals surface area (Å²) in [7, 11) is 0. The number of halogens is 2. The number of nitrogen functional groups attached to an aromatic ring is 1. The summed E-state index contributed by atoms with van der Waals surface area (Å²) in [6.07, 6.45) is 0. The normalized spacial score (nSPS) is 10.2. The number of carbonyl (C=O) groups excluding carboxylic acids is 1. The highest BCUT2D eigenvalue weighted by Gasteiger charge is 2.13. The number of hydrazine groups is 1. The lowest BCUT2D eigenvalue weighted by Crippen LogP contribution is -2.12. The Balaban J connectivity index is 2.95. The number of alkyl halides is 2. The largest absolute Gasteiger partial charge is 0.462 e. The highest BCUT2D eigenvalue weighted by Crippen LogP contribution is 2.26. The minimum absolute atomic E-state index is 0.0795. The molecule has 0 heterocycles. The number of nitrogens with two attached hydrogens (primary N) is 1. The Hall–Kier alpha value is -1.89. The lowest BCUT2D eigenvalue weighted by Gasteiger charge is -2.11. The Morgan fingerprint density at radius 2 is 2.24 bits per heavy atom. The van der Waals surface area contributed by atoms with Gasteiger partial charge in [-0.15, -0.1) is 0 Å². The number of anilines is 1. The minimum atomic E-state index is -2.96. The zero-order valence-electron chi connectivity index (χ0n) is 9.07. The van der Waals surface area contributed by atoms with Gasteiger partial charge in [-0.2, -0.15) is 8.78 Å². The topological polar surface area (TPSA) is 73.6 Å². The van der Waals surface area contributed by atoms with Crippen molar-refractivity contribution in [2.24, 2.45) is 5.84 Å². The Kier molecular flexibility index (Phi) is 4.65. The molecule has 1 aromatic rings. The fraction of sp³-hybridized carbons (Fsp3) is 0.300. The van der Waals surface area contributed by atoms with Crippen LogP contribution in [0, 0.1) is 0 Å². The average molecular weight is 246 g/mol. The average Bonchev–Trinajstić information content (AvgIpc) is 2.29. The quantitative estimate of drug-likeness (QED) is 0.470. The van der Waals surface area contributed by atoms with Crippen molar-refractivity contribution in [3.8, 4) is 5.75 Å². The molecule has 0 unspecified atom stereocenters. The molecular weight excluding hydrogens is 234 g/mol. The van der Waals surface area contributed by atoms with E-state index in [1.165, 1.54) is 18.2 Å². The van der Waals surface area contributed by atoms with E-state index in [0.717, 1.165) is 0 Å². The first-order chi connectivity index (χ1) is 8.08. The van der Waals surface area contributed by atoms with E-state index in [1.54, 1.807) is 6.92 Å². The highest BCUT2D eigenvalue weighted by atomic mass is 19.3. The first kappa shape index (κ1) is 13.2. The van der Waals surface area contributed by atoms with Gasteiger partial charge in [0.1, 0.15) is 0 Å². The minimum Gasteiger partial charge on any atom is -0.462 e. The highest BCUT2D eigenvalue weighted by molar-refractivity contribution is 5.91. The van der Waals surface area contributed by atoms with Crippen LogP contribution in [0.1, 0.15) is 17.3 Å². The summed E-state index contributed by atoms with van der Waals surface area (Å²) in [5.41, 5.74) is 2.45. The number of nitrogens with one attached hydrogen (secondary N) is 1. The lowest BCUT2D eigenvalue weighted by molar-refractivity contribution is -0.0493. The Labute approximate surface area is 96.5 Å². The van der Waals surface area contributed by atoms with Crippen LogP contribution in [0.25, 0.3) is 0 Å². The first-order valence-electron chi connectivity index (χ1n) is 4.81. The molecule has 0 fully saturated rings. The summed E-state index contributed by atoms with van der Waals surface area (Å²) in [5.74, 6) is 4.44. The van der Waals surface area contributed by atoms with Gasteiger partial charge in [0.15, 0.2) is 5.75 Å². The van der Waals surface area contributed by atoms with Gasteiger partial charge in [0, 0.05) is 0 Å². The number of hydrogen-bond donors (Lipinski definition) is 2. The van der Waals surface area contributed by atoms with Gasteiger partial charge >= 0.3 is 12.6 Å². The van der Waals surface area contributed by atoms with Crippen LogP contribution >= 0.6 is 0 Å². The summed E-state index contributed by atoms with van der Waals surface area (Å²) < 4.78 is 33.0. The molecule has 0 bridgehead atoms. The molecule has 7 heteroatoms. The van der Waals surface area contributed by atoms with Crippen LogP contribution < -0.4 is 16.0 Å². The van der Waals surface area contributed by atoms with E-state index in [4.69, 9.17) is 10.6 Å². The first-order valence-corrected chi connectivity index (χ1v) is 4.81. The van der Waals surface area contributed by atoms with Gasteiger partial charge in [0.2, 0.25) is 0 Å². The molecule has 1 aromatic carbocycles. The number of hydrogen-bond acceptors (Lipinski definition) is 5. The van der Waals surface area contributed by atoms with Crippen LogP contribution in [-0.4, -0.2) is 19.2 Å². The van der Waals surface area contributed by atoms with Crippen molar-refractivity contribution in [2.75, 3.05) is 12.0 Å². The van der Waals surface area contributed by atoms with Crippen molar-refractivity contribution in [3.05, 3.63) is 23.8 Å². The van der Waals surface area contributed by atoms with Gasteiger partial charge in [-0.05, 0) is 25.1 Å². The molecule has 17 heavy (non-hydrogen) atoms. The molecule has 94 valence electrons. The van der Waals surface area contributed by atoms with Crippen LogP contribution in [0.15, 0.2) is 18.2 Å². The van der Waals surface area contributed by atoms with Crippen molar-refractivity contribution in [2.45, 2.75) is 13.5 Å². The Morgan fingerprint density at radius 3 is 2.76 bits per heavy atom. The van der Waals surface area contributed by atoms with Crippen molar-refractivity contribution in [3.63, 3.8) is 0 Å². The molecule has 0 aliphatic heterocycles. The Bertz CT molecular complexity index is 399. The zero-order chi connectivity index (χ0) is 12.8. The second-order valence-corrected chi connectivity index (χ2v) is 2.95. The van der Waals surface area contributed by atoms with E-state index < -0.39 is 12.6 Å². The second-order valence-electron chi connectivity index (χ2n) is 2.95. The molecule has 0 saturated carbocycles. The third kappa shape index (κ3) is 3.56. The van der Waals surface area contributed by atoms with Crippen molar-refractivity contribution < 1.29 is 23.0 Å². The number of benzene rings is 1. The predicted molar refractivity (Wildman–Crippen MR) is 56.8 cm³/mol. The molecule has 0 aliphatic rings. The van der Waals surface area contributed by atoms with Crippen LogP contribution in [-0.2, 0) is 4.74 Å². The SMILES string of the molecule is CCOC(=O)c1ccc(OC(F)F)c(NN)c1. The lowest BCUT2D eigenvalue weighted by atomic mass is 10.2. The number of ether oxygens (including phenoxy) is 2.